The molecule has 1 N–H and O–H groups in total. The lowest BCUT2D eigenvalue weighted by atomic mass is 9.74. The first-order valence-corrected chi connectivity index (χ1v) is 7.28. The molecule has 1 atom stereocenters. The number of piperidine rings is 1. The minimum Gasteiger partial charge on any atom is -0.481 e. The first-order chi connectivity index (χ1) is 9.87. The van der Waals surface area contributed by atoms with E-state index in [1.807, 2.05) is 11.0 Å². The molecule has 1 aromatic heterocycles. The van der Waals surface area contributed by atoms with Crippen molar-refractivity contribution < 1.29 is 9.90 Å². The van der Waals surface area contributed by atoms with E-state index in [1.54, 1.807) is 26.1 Å². The average Bonchev–Trinajstić information content (AvgIpc) is 2.47. The van der Waals surface area contributed by atoms with Gasteiger partial charge in [-0.15, -0.1) is 0 Å². The topological polar surface area (TPSA) is 77.2 Å². The summed E-state index contributed by atoms with van der Waals surface area (Å²) < 4.78 is 0. The van der Waals surface area contributed by atoms with Crippen LogP contribution in [0.15, 0.2) is 12.3 Å². The number of pyridine rings is 1. The van der Waals surface area contributed by atoms with Gasteiger partial charge < -0.3 is 10.0 Å². The van der Waals surface area contributed by atoms with Crippen molar-refractivity contribution in [2.75, 3.05) is 18.0 Å². The Morgan fingerprint density at radius 3 is 2.95 bits per heavy atom. The number of carboxylic acids is 1. The summed E-state index contributed by atoms with van der Waals surface area (Å²) >= 11 is 6.22. The van der Waals surface area contributed by atoms with Crippen LogP contribution in [0.3, 0.4) is 0 Å². The van der Waals surface area contributed by atoms with E-state index in [0.29, 0.717) is 22.9 Å². The van der Waals surface area contributed by atoms with Gasteiger partial charge in [0, 0.05) is 19.3 Å². The molecule has 1 unspecified atom stereocenters. The second-order valence-electron chi connectivity index (χ2n) is 5.92. The number of halogens is 1. The summed E-state index contributed by atoms with van der Waals surface area (Å²) in [7, 11) is 0. The molecule has 1 aromatic rings. The van der Waals surface area contributed by atoms with E-state index in [1.165, 1.54) is 0 Å². The van der Waals surface area contributed by atoms with Crippen molar-refractivity contribution in [2.24, 2.45) is 11.3 Å². The number of aromatic nitrogens is 1. The largest absolute Gasteiger partial charge is 0.481 e. The monoisotopic (exact) mass is 307 g/mol. The highest BCUT2D eigenvalue weighted by Gasteiger charge is 2.39. The molecule has 0 spiro atoms. The predicted molar refractivity (Wildman–Crippen MR) is 80.3 cm³/mol. The lowest BCUT2D eigenvalue weighted by Gasteiger charge is -2.40. The van der Waals surface area contributed by atoms with Crippen LogP contribution in [-0.4, -0.2) is 29.1 Å². The first kappa shape index (κ1) is 15.6. The normalized spacial score (nSPS) is 19.1. The number of anilines is 1. The van der Waals surface area contributed by atoms with Gasteiger partial charge in [0.2, 0.25) is 0 Å². The van der Waals surface area contributed by atoms with Crippen molar-refractivity contribution in [1.82, 2.24) is 4.98 Å². The Morgan fingerprint density at radius 2 is 2.33 bits per heavy atom. The summed E-state index contributed by atoms with van der Waals surface area (Å²) in [5, 5.41) is 18.8. The van der Waals surface area contributed by atoms with E-state index in [2.05, 4.69) is 4.98 Å². The second kappa shape index (κ2) is 5.90. The third-order valence-corrected chi connectivity index (χ3v) is 4.66. The average molecular weight is 308 g/mol. The van der Waals surface area contributed by atoms with Gasteiger partial charge in [-0.3, -0.25) is 4.79 Å². The standard InChI is InChI=1S/C15H18ClN3O2/c1-15(2,14(20)21)11-4-3-7-19(9-11)13-12(16)10(8-17)5-6-18-13/h5-6,11H,3-4,7,9H2,1-2H3,(H,20,21). The second-order valence-corrected chi connectivity index (χ2v) is 6.30. The van der Waals surface area contributed by atoms with Crippen LogP contribution in [0.5, 0.6) is 0 Å². The van der Waals surface area contributed by atoms with E-state index in [4.69, 9.17) is 16.9 Å². The van der Waals surface area contributed by atoms with Crippen molar-refractivity contribution in [1.29, 1.82) is 5.26 Å². The highest BCUT2D eigenvalue weighted by Crippen LogP contribution is 2.37. The minimum absolute atomic E-state index is 0.0207. The van der Waals surface area contributed by atoms with Crippen LogP contribution >= 0.6 is 11.6 Å². The van der Waals surface area contributed by atoms with Crippen LogP contribution in [0.4, 0.5) is 5.82 Å². The van der Waals surface area contributed by atoms with E-state index in [-0.39, 0.29) is 5.92 Å². The van der Waals surface area contributed by atoms with Crippen molar-refractivity contribution in [3.63, 3.8) is 0 Å². The van der Waals surface area contributed by atoms with Crippen LogP contribution in [0.1, 0.15) is 32.3 Å². The van der Waals surface area contributed by atoms with Gasteiger partial charge in [0.1, 0.15) is 16.9 Å². The molecule has 2 rings (SSSR count). The van der Waals surface area contributed by atoms with Gasteiger partial charge in [0.05, 0.1) is 11.0 Å². The molecule has 5 nitrogen and oxygen atoms in total. The number of aliphatic carboxylic acids is 1. The van der Waals surface area contributed by atoms with E-state index in [9.17, 15) is 9.90 Å². The van der Waals surface area contributed by atoms with Crippen LogP contribution < -0.4 is 4.90 Å². The fourth-order valence-corrected chi connectivity index (χ4v) is 2.95. The molecule has 112 valence electrons. The number of hydrogen-bond acceptors (Lipinski definition) is 4. The van der Waals surface area contributed by atoms with Crippen LogP contribution in [0, 0.1) is 22.7 Å². The molecule has 0 bridgehead atoms. The molecule has 21 heavy (non-hydrogen) atoms. The smallest absolute Gasteiger partial charge is 0.309 e. The van der Waals surface area contributed by atoms with Gasteiger partial charge in [-0.1, -0.05) is 11.6 Å². The Morgan fingerprint density at radius 1 is 1.62 bits per heavy atom. The number of nitriles is 1. The quantitative estimate of drug-likeness (QED) is 0.929. The zero-order valence-electron chi connectivity index (χ0n) is 12.1. The van der Waals surface area contributed by atoms with Gasteiger partial charge in [-0.05, 0) is 38.7 Å². The summed E-state index contributed by atoms with van der Waals surface area (Å²) in [6.45, 7) is 4.86. The maximum absolute atomic E-state index is 11.4. The van der Waals surface area contributed by atoms with Crippen LogP contribution in [0.25, 0.3) is 0 Å². The van der Waals surface area contributed by atoms with E-state index in [0.717, 1.165) is 19.4 Å². The summed E-state index contributed by atoms with van der Waals surface area (Å²) in [6.07, 6.45) is 3.31. The Hall–Kier alpha value is -1.80. The highest BCUT2D eigenvalue weighted by atomic mass is 35.5. The van der Waals surface area contributed by atoms with Gasteiger partial charge in [-0.25, -0.2) is 4.98 Å². The SMILES string of the molecule is CC(C)(C(=O)O)C1CCCN(c2nccc(C#N)c2Cl)C1. The molecule has 0 saturated carbocycles. The predicted octanol–water partition coefficient (Wildman–Crippen LogP) is 2.93. The Bertz CT molecular complexity index is 595. The minimum atomic E-state index is -0.794. The Labute approximate surface area is 129 Å². The lowest BCUT2D eigenvalue weighted by molar-refractivity contribution is -0.150. The molecule has 1 aliphatic rings. The number of carbonyl (C=O) groups is 1. The number of nitrogens with zero attached hydrogens (tertiary/aromatic N) is 3. The molecule has 0 aliphatic carbocycles. The lowest BCUT2D eigenvalue weighted by Crippen LogP contribution is -2.45. The first-order valence-electron chi connectivity index (χ1n) is 6.91. The molecule has 1 fully saturated rings. The van der Waals surface area contributed by atoms with Gasteiger partial charge in [0.15, 0.2) is 0 Å². The zero-order chi connectivity index (χ0) is 15.6. The third kappa shape index (κ3) is 2.96. The van der Waals surface area contributed by atoms with Crippen molar-refractivity contribution >= 4 is 23.4 Å². The zero-order valence-corrected chi connectivity index (χ0v) is 12.9. The van der Waals surface area contributed by atoms with Crippen molar-refractivity contribution in [3.05, 3.63) is 22.8 Å². The molecular formula is C15H18ClN3O2. The fraction of sp³-hybridized carbons (Fsp3) is 0.533. The summed E-state index contributed by atoms with van der Waals surface area (Å²) in [6, 6.07) is 3.62. The molecule has 0 amide bonds. The Balaban J connectivity index is 2.27. The highest BCUT2D eigenvalue weighted by molar-refractivity contribution is 6.34. The summed E-state index contributed by atoms with van der Waals surface area (Å²) in [5.41, 5.74) is -0.404. The molecule has 1 aliphatic heterocycles. The third-order valence-electron chi connectivity index (χ3n) is 4.28. The molecule has 0 aromatic carbocycles. The van der Waals surface area contributed by atoms with Gasteiger partial charge >= 0.3 is 5.97 Å². The van der Waals surface area contributed by atoms with E-state index < -0.39 is 11.4 Å². The molecular weight excluding hydrogens is 290 g/mol. The fourth-order valence-electron chi connectivity index (χ4n) is 2.67. The maximum atomic E-state index is 11.4. The van der Waals surface area contributed by atoms with Crippen molar-refractivity contribution in [2.45, 2.75) is 26.7 Å². The van der Waals surface area contributed by atoms with Crippen molar-refractivity contribution in [3.8, 4) is 6.07 Å². The number of rotatable bonds is 3. The van der Waals surface area contributed by atoms with Crippen LogP contribution in [0.2, 0.25) is 5.02 Å². The number of carboxylic acid groups (broad SMARTS) is 1. The molecule has 6 heteroatoms. The molecule has 0 radical (unpaired) electrons. The maximum Gasteiger partial charge on any atom is 0.309 e. The summed E-state index contributed by atoms with van der Waals surface area (Å²) in [5.74, 6) is -0.201. The summed E-state index contributed by atoms with van der Waals surface area (Å²) in [4.78, 5) is 17.7. The van der Waals surface area contributed by atoms with Gasteiger partial charge in [0.25, 0.3) is 0 Å². The van der Waals surface area contributed by atoms with Gasteiger partial charge in [-0.2, -0.15) is 5.26 Å². The number of hydrogen-bond donors (Lipinski definition) is 1. The van der Waals surface area contributed by atoms with E-state index >= 15 is 0 Å². The molecule has 2 heterocycles. The Kier molecular flexibility index (Phi) is 4.38. The molecule has 1 saturated heterocycles. The van der Waals surface area contributed by atoms with Crippen LogP contribution in [-0.2, 0) is 4.79 Å².